The van der Waals surface area contributed by atoms with E-state index >= 15 is 0 Å². The number of oxime groups is 1. The molecule has 1 fully saturated rings. The highest BCUT2D eigenvalue weighted by Crippen LogP contribution is 2.46. The fraction of sp³-hybridized carbons (Fsp3) is 0.364. The second kappa shape index (κ2) is 13.6. The number of aliphatic hydroxyl groups is 1. The highest BCUT2D eigenvalue weighted by atomic mass is 32.2. The van der Waals surface area contributed by atoms with E-state index in [1.165, 1.54) is 40.7 Å². The Kier molecular flexibility index (Phi) is 10.3. The molecule has 4 heterocycles. The number of thiazole rings is 1. The lowest BCUT2D eigenvalue weighted by Gasteiger charge is -2.49. The lowest BCUT2D eigenvalue weighted by atomic mass is 10.0. The first kappa shape index (κ1) is 30.1. The van der Waals surface area contributed by atoms with E-state index in [0.29, 0.717) is 10.7 Å². The SMILES string of the molecule is Nc1nc(C(=NOCCF)C(=O)N[C@@H]2C(=O)N3C(C(=O)O)=C(Sc4ccncc4SCC(N)CO)CS[C@@H]23)cs1. The number of pyridine rings is 1. The first-order chi connectivity index (χ1) is 19.2. The normalized spacial score (nSPS) is 19.6. The molecule has 214 valence electrons. The van der Waals surface area contributed by atoms with Crippen molar-refractivity contribution in [3.63, 3.8) is 0 Å². The number of rotatable bonds is 13. The van der Waals surface area contributed by atoms with E-state index in [4.69, 9.17) is 16.3 Å². The molecule has 2 amide bonds. The van der Waals surface area contributed by atoms with Crippen molar-refractivity contribution in [1.29, 1.82) is 0 Å². The molecule has 2 aliphatic heterocycles. The average Bonchev–Trinajstić information content (AvgIpc) is 3.38. The summed E-state index contributed by atoms with van der Waals surface area (Å²) in [5.41, 5.74) is 11.1. The van der Waals surface area contributed by atoms with Crippen molar-refractivity contribution in [3.05, 3.63) is 40.1 Å². The summed E-state index contributed by atoms with van der Waals surface area (Å²) >= 11 is 4.94. The van der Waals surface area contributed by atoms with E-state index in [1.54, 1.807) is 18.5 Å². The van der Waals surface area contributed by atoms with Crippen LogP contribution in [0.2, 0.25) is 0 Å². The minimum Gasteiger partial charge on any atom is -0.477 e. The fourth-order valence-electron chi connectivity index (χ4n) is 3.57. The molecule has 18 heteroatoms. The van der Waals surface area contributed by atoms with Gasteiger partial charge in [-0.15, -0.1) is 34.9 Å². The molecule has 7 N–H and O–H groups in total. The number of nitrogens with two attached hydrogens (primary N) is 2. The number of halogens is 1. The van der Waals surface area contributed by atoms with Gasteiger partial charge in [-0.05, 0) is 6.07 Å². The van der Waals surface area contributed by atoms with E-state index in [9.17, 15) is 29.0 Å². The molecule has 1 unspecified atom stereocenters. The predicted molar refractivity (Wildman–Crippen MR) is 151 cm³/mol. The van der Waals surface area contributed by atoms with E-state index < -0.39 is 41.9 Å². The molecule has 4 rings (SSSR count). The summed E-state index contributed by atoms with van der Waals surface area (Å²) in [7, 11) is 0. The molecular weight excluding hydrogens is 606 g/mol. The van der Waals surface area contributed by atoms with Gasteiger partial charge in [0.05, 0.1) is 6.61 Å². The zero-order valence-corrected chi connectivity index (χ0v) is 23.8. The van der Waals surface area contributed by atoms with Gasteiger partial charge in [0, 0.05) is 50.0 Å². The van der Waals surface area contributed by atoms with Crippen LogP contribution in [0.1, 0.15) is 5.69 Å². The maximum absolute atomic E-state index is 13.1. The number of carbonyl (C=O) groups is 3. The van der Waals surface area contributed by atoms with Gasteiger partial charge in [-0.3, -0.25) is 19.5 Å². The number of amides is 2. The van der Waals surface area contributed by atoms with Crippen molar-refractivity contribution in [2.75, 3.05) is 37.1 Å². The van der Waals surface area contributed by atoms with E-state index in [1.807, 2.05) is 0 Å². The first-order valence-electron chi connectivity index (χ1n) is 11.6. The van der Waals surface area contributed by atoms with Gasteiger partial charge in [-0.25, -0.2) is 14.2 Å². The topological polar surface area (TPSA) is 206 Å². The summed E-state index contributed by atoms with van der Waals surface area (Å²) in [4.78, 5) is 54.5. The number of hydrogen-bond donors (Lipinski definition) is 5. The smallest absolute Gasteiger partial charge is 0.353 e. The summed E-state index contributed by atoms with van der Waals surface area (Å²) in [5, 5.41) is 26.4. The van der Waals surface area contributed by atoms with Crippen LogP contribution in [0.5, 0.6) is 0 Å². The number of aliphatic hydroxyl groups excluding tert-OH is 1. The third kappa shape index (κ3) is 6.69. The Labute approximate surface area is 244 Å². The molecule has 0 bridgehead atoms. The zero-order valence-electron chi connectivity index (χ0n) is 20.6. The first-order valence-corrected chi connectivity index (χ1v) is 15.3. The third-order valence-electron chi connectivity index (χ3n) is 5.39. The second-order valence-electron chi connectivity index (χ2n) is 8.15. The van der Waals surface area contributed by atoms with Crippen LogP contribution in [0, 0.1) is 0 Å². The molecule has 3 atom stereocenters. The molecule has 0 saturated carbocycles. The number of aromatic nitrogens is 2. The van der Waals surface area contributed by atoms with Crippen LogP contribution in [0.3, 0.4) is 0 Å². The maximum Gasteiger partial charge on any atom is 0.353 e. The average molecular weight is 630 g/mol. The summed E-state index contributed by atoms with van der Waals surface area (Å²) < 4.78 is 12.5. The van der Waals surface area contributed by atoms with Crippen LogP contribution in [-0.2, 0) is 19.2 Å². The van der Waals surface area contributed by atoms with Gasteiger partial charge in [0.2, 0.25) is 0 Å². The number of nitrogen functional groups attached to an aromatic ring is 1. The van der Waals surface area contributed by atoms with Crippen molar-refractivity contribution in [1.82, 2.24) is 20.2 Å². The van der Waals surface area contributed by atoms with Gasteiger partial charge in [0.15, 0.2) is 10.8 Å². The number of nitrogens with one attached hydrogen (secondary N) is 1. The lowest BCUT2D eigenvalue weighted by Crippen LogP contribution is -2.71. The number of hydrogen-bond acceptors (Lipinski definition) is 14. The Bertz CT molecular complexity index is 1340. The van der Waals surface area contributed by atoms with E-state index in [2.05, 4.69) is 20.4 Å². The summed E-state index contributed by atoms with van der Waals surface area (Å²) in [5.74, 6) is -2.00. The minimum absolute atomic E-state index is 0.0922. The summed E-state index contributed by atoms with van der Waals surface area (Å²) in [6, 6.07) is 0.272. The number of fused-ring (bicyclic) bond motifs is 1. The second-order valence-corrected chi connectivity index (χ2v) is 12.3. The highest BCUT2D eigenvalue weighted by Gasteiger charge is 2.54. The maximum atomic E-state index is 13.1. The monoisotopic (exact) mass is 629 g/mol. The predicted octanol–water partition coefficient (Wildman–Crippen LogP) is 0.711. The standard InChI is InChI=1S/C22H24FN7O6S4/c23-2-4-36-29-15(11-8-39-22(25)27-11)18(32)28-16-19(33)30-17(21(34)35)14(9-38-20(16)30)40-12-1-3-26-5-13(12)37-7-10(24)6-31/h1,3,5,8,10,16,20,31H,2,4,6-7,9,24H2,(H2,25,27)(H,28,32)(H,34,35)/t10?,16-,20+/m1/s1. The van der Waals surface area contributed by atoms with Gasteiger partial charge in [-0.2, -0.15) is 0 Å². The molecule has 0 aliphatic carbocycles. The van der Waals surface area contributed by atoms with Crippen LogP contribution in [0.4, 0.5) is 9.52 Å². The number of nitrogens with zero attached hydrogens (tertiary/aromatic N) is 4. The molecule has 2 aliphatic rings. The van der Waals surface area contributed by atoms with Crippen LogP contribution in [0.15, 0.2) is 49.4 Å². The van der Waals surface area contributed by atoms with E-state index in [0.717, 1.165) is 26.0 Å². The molecule has 0 spiro atoms. The van der Waals surface area contributed by atoms with Gasteiger partial charge in [0.1, 0.15) is 36.1 Å². The Hall–Kier alpha value is -2.90. The quantitative estimate of drug-likeness (QED) is 0.0681. The van der Waals surface area contributed by atoms with Gasteiger partial charge in [-0.1, -0.05) is 16.9 Å². The largest absolute Gasteiger partial charge is 0.477 e. The van der Waals surface area contributed by atoms with Gasteiger partial charge < -0.3 is 31.8 Å². The van der Waals surface area contributed by atoms with Crippen molar-refractivity contribution >= 4 is 75.2 Å². The number of carbonyl (C=O) groups excluding carboxylic acids is 2. The Morgan fingerprint density at radius 3 is 2.88 bits per heavy atom. The number of thioether (sulfide) groups is 3. The number of alkyl halides is 1. The van der Waals surface area contributed by atoms with Crippen LogP contribution < -0.4 is 16.8 Å². The number of aliphatic carboxylic acids is 1. The van der Waals surface area contributed by atoms with Crippen molar-refractivity contribution in [2.45, 2.75) is 27.2 Å². The zero-order chi connectivity index (χ0) is 28.8. The van der Waals surface area contributed by atoms with Gasteiger partial charge in [0.25, 0.3) is 11.8 Å². The molecule has 0 radical (unpaired) electrons. The Balaban J connectivity index is 1.52. The molecule has 13 nitrogen and oxygen atoms in total. The van der Waals surface area contributed by atoms with Crippen molar-refractivity contribution in [3.8, 4) is 0 Å². The van der Waals surface area contributed by atoms with E-state index in [-0.39, 0.29) is 41.2 Å². The van der Waals surface area contributed by atoms with Crippen molar-refractivity contribution in [2.24, 2.45) is 10.9 Å². The fourth-order valence-corrected chi connectivity index (χ4v) is 7.72. The molecule has 2 aromatic heterocycles. The molecular formula is C22H24FN7O6S4. The minimum atomic E-state index is -1.28. The third-order valence-corrected chi connectivity index (χ3v) is 10.1. The summed E-state index contributed by atoms with van der Waals surface area (Å²) in [6.07, 6.45) is 3.20. The number of carboxylic acid groups (broad SMARTS) is 1. The lowest BCUT2D eigenvalue weighted by molar-refractivity contribution is -0.150. The molecule has 0 aromatic carbocycles. The molecule has 2 aromatic rings. The van der Waals surface area contributed by atoms with Gasteiger partial charge >= 0.3 is 5.97 Å². The number of anilines is 1. The highest BCUT2D eigenvalue weighted by molar-refractivity contribution is 8.07. The van der Waals surface area contributed by atoms with Crippen LogP contribution >= 0.6 is 46.6 Å². The molecule has 1 saturated heterocycles. The Morgan fingerprint density at radius 2 is 2.20 bits per heavy atom. The Morgan fingerprint density at radius 1 is 1.40 bits per heavy atom. The summed E-state index contributed by atoms with van der Waals surface area (Å²) in [6.45, 7) is -1.39. The number of carboxylic acids is 1. The van der Waals surface area contributed by atoms with Crippen molar-refractivity contribution < 1.29 is 33.8 Å². The number of β-lactam (4-membered cyclic amide) rings is 1. The van der Waals surface area contributed by atoms with Crippen LogP contribution in [0.25, 0.3) is 0 Å². The molecule has 40 heavy (non-hydrogen) atoms. The van der Waals surface area contributed by atoms with Crippen LogP contribution in [-0.4, -0.2) is 97.4 Å².